The smallest absolute Gasteiger partial charge is 0.178 e. The SMILES string of the molecule is CC(C)COCCCn1c(=S)[nH]c2cc(F)ccc21. The van der Waals surface area contributed by atoms with Crippen molar-refractivity contribution in [3.05, 3.63) is 28.8 Å². The Bertz CT molecular complexity index is 603. The molecule has 0 radical (unpaired) electrons. The van der Waals surface area contributed by atoms with Crippen LogP contribution >= 0.6 is 12.2 Å². The summed E-state index contributed by atoms with van der Waals surface area (Å²) in [5.41, 5.74) is 1.68. The lowest BCUT2D eigenvalue weighted by Crippen LogP contribution is -2.06. The number of hydrogen-bond acceptors (Lipinski definition) is 2. The first-order valence-corrected chi connectivity index (χ1v) is 6.94. The van der Waals surface area contributed by atoms with E-state index in [9.17, 15) is 4.39 Å². The molecular formula is C14H19FN2OS. The van der Waals surface area contributed by atoms with Crippen LogP contribution in [0, 0.1) is 16.5 Å². The lowest BCUT2D eigenvalue weighted by molar-refractivity contribution is 0.105. The molecule has 104 valence electrons. The molecule has 1 heterocycles. The molecule has 2 rings (SSSR count). The number of ether oxygens (including phenoxy) is 1. The van der Waals surface area contributed by atoms with Crippen LogP contribution in [0.5, 0.6) is 0 Å². The lowest BCUT2D eigenvalue weighted by Gasteiger charge is -2.07. The molecule has 0 aliphatic heterocycles. The van der Waals surface area contributed by atoms with Crippen LogP contribution in [-0.4, -0.2) is 22.8 Å². The number of aryl methyl sites for hydroxylation is 1. The zero-order valence-corrected chi connectivity index (χ0v) is 12.1. The van der Waals surface area contributed by atoms with Crippen LogP contribution in [-0.2, 0) is 11.3 Å². The predicted octanol–water partition coefficient (Wildman–Crippen LogP) is 3.90. The maximum atomic E-state index is 13.1. The van der Waals surface area contributed by atoms with Gasteiger partial charge in [0.1, 0.15) is 5.82 Å². The Morgan fingerprint density at radius 3 is 2.95 bits per heavy atom. The van der Waals surface area contributed by atoms with Crippen molar-refractivity contribution in [1.82, 2.24) is 9.55 Å². The van der Waals surface area contributed by atoms with Gasteiger partial charge in [0.25, 0.3) is 0 Å². The Balaban J connectivity index is 2.00. The van der Waals surface area contributed by atoms with Crippen LogP contribution in [0.2, 0.25) is 0 Å². The summed E-state index contributed by atoms with van der Waals surface area (Å²) in [5, 5.41) is 0. The summed E-state index contributed by atoms with van der Waals surface area (Å²) < 4.78 is 21.3. The topological polar surface area (TPSA) is 29.9 Å². The van der Waals surface area contributed by atoms with E-state index in [0.29, 0.717) is 17.3 Å². The highest BCUT2D eigenvalue weighted by atomic mass is 32.1. The molecule has 3 nitrogen and oxygen atoms in total. The summed E-state index contributed by atoms with van der Waals surface area (Å²) in [5.74, 6) is 0.300. The number of H-pyrrole nitrogens is 1. The Labute approximate surface area is 117 Å². The normalized spacial score (nSPS) is 11.6. The van der Waals surface area contributed by atoms with Gasteiger partial charge in [-0.25, -0.2) is 4.39 Å². The predicted molar refractivity (Wildman–Crippen MR) is 77.4 cm³/mol. The van der Waals surface area contributed by atoms with Gasteiger partial charge in [0.15, 0.2) is 4.77 Å². The number of aromatic amines is 1. The van der Waals surface area contributed by atoms with E-state index in [1.165, 1.54) is 12.1 Å². The van der Waals surface area contributed by atoms with Crippen molar-refractivity contribution in [3.63, 3.8) is 0 Å². The highest BCUT2D eigenvalue weighted by molar-refractivity contribution is 7.71. The third kappa shape index (κ3) is 3.64. The van der Waals surface area contributed by atoms with Crippen molar-refractivity contribution in [2.24, 2.45) is 5.92 Å². The molecule has 0 atom stereocenters. The molecule has 0 saturated carbocycles. The van der Waals surface area contributed by atoms with E-state index >= 15 is 0 Å². The van der Waals surface area contributed by atoms with Crippen molar-refractivity contribution in [1.29, 1.82) is 0 Å². The molecule has 0 aliphatic rings. The largest absolute Gasteiger partial charge is 0.381 e. The number of fused-ring (bicyclic) bond motifs is 1. The fourth-order valence-corrected chi connectivity index (χ4v) is 2.30. The number of hydrogen-bond donors (Lipinski definition) is 1. The van der Waals surface area contributed by atoms with Crippen LogP contribution < -0.4 is 0 Å². The summed E-state index contributed by atoms with van der Waals surface area (Å²) in [4.78, 5) is 3.02. The van der Waals surface area contributed by atoms with E-state index in [1.54, 1.807) is 6.07 Å². The highest BCUT2D eigenvalue weighted by Crippen LogP contribution is 2.15. The fourth-order valence-electron chi connectivity index (χ4n) is 2.00. The van der Waals surface area contributed by atoms with Gasteiger partial charge < -0.3 is 14.3 Å². The first kappa shape index (κ1) is 14.2. The van der Waals surface area contributed by atoms with E-state index in [0.717, 1.165) is 30.6 Å². The number of halogens is 1. The van der Waals surface area contributed by atoms with E-state index in [2.05, 4.69) is 18.8 Å². The molecule has 0 amide bonds. The van der Waals surface area contributed by atoms with Gasteiger partial charge in [0, 0.05) is 19.8 Å². The molecule has 0 bridgehead atoms. The van der Waals surface area contributed by atoms with Crippen LogP contribution in [0.4, 0.5) is 4.39 Å². The monoisotopic (exact) mass is 282 g/mol. The Kier molecular flexibility index (Phi) is 4.71. The highest BCUT2D eigenvalue weighted by Gasteiger charge is 2.05. The second-order valence-corrected chi connectivity index (χ2v) is 5.45. The third-order valence-electron chi connectivity index (χ3n) is 2.86. The van der Waals surface area contributed by atoms with Crippen molar-refractivity contribution in [3.8, 4) is 0 Å². The molecule has 1 N–H and O–H groups in total. The maximum absolute atomic E-state index is 13.1. The molecule has 1 aromatic carbocycles. The minimum Gasteiger partial charge on any atom is -0.381 e. The third-order valence-corrected chi connectivity index (χ3v) is 3.18. The van der Waals surface area contributed by atoms with Crippen molar-refractivity contribution in [2.45, 2.75) is 26.8 Å². The summed E-state index contributed by atoms with van der Waals surface area (Å²) >= 11 is 5.26. The number of rotatable bonds is 6. The zero-order valence-electron chi connectivity index (χ0n) is 11.3. The van der Waals surface area contributed by atoms with Gasteiger partial charge in [0.2, 0.25) is 0 Å². The van der Waals surface area contributed by atoms with E-state index < -0.39 is 0 Å². The molecule has 0 saturated heterocycles. The first-order valence-electron chi connectivity index (χ1n) is 6.53. The molecule has 19 heavy (non-hydrogen) atoms. The number of aromatic nitrogens is 2. The molecule has 0 spiro atoms. The van der Waals surface area contributed by atoms with Crippen LogP contribution in [0.1, 0.15) is 20.3 Å². The maximum Gasteiger partial charge on any atom is 0.178 e. The Hall–Kier alpha value is -1.20. The van der Waals surface area contributed by atoms with Gasteiger partial charge in [-0.05, 0) is 42.8 Å². The quantitative estimate of drug-likeness (QED) is 0.643. The molecule has 1 aromatic heterocycles. The number of benzene rings is 1. The van der Waals surface area contributed by atoms with Crippen molar-refractivity contribution < 1.29 is 9.13 Å². The molecule has 0 aliphatic carbocycles. The average Bonchev–Trinajstić information content (AvgIpc) is 2.64. The standard InChI is InChI=1S/C14H19FN2OS/c1-10(2)9-18-7-3-6-17-13-5-4-11(15)8-12(13)16-14(17)19/h4-5,8,10H,3,6-7,9H2,1-2H3,(H,16,19). The summed E-state index contributed by atoms with van der Waals surface area (Å²) in [6, 6.07) is 4.68. The number of imidazole rings is 1. The van der Waals surface area contributed by atoms with Crippen LogP contribution in [0.3, 0.4) is 0 Å². The van der Waals surface area contributed by atoms with Crippen LogP contribution in [0.25, 0.3) is 11.0 Å². The molecular weight excluding hydrogens is 263 g/mol. The zero-order chi connectivity index (χ0) is 13.8. The van der Waals surface area contributed by atoms with E-state index in [-0.39, 0.29) is 5.82 Å². The van der Waals surface area contributed by atoms with Gasteiger partial charge in [0.05, 0.1) is 11.0 Å². The molecule has 0 fully saturated rings. The molecule has 0 unspecified atom stereocenters. The van der Waals surface area contributed by atoms with E-state index in [4.69, 9.17) is 17.0 Å². The van der Waals surface area contributed by atoms with Crippen molar-refractivity contribution >= 4 is 23.3 Å². The fraction of sp³-hybridized carbons (Fsp3) is 0.500. The van der Waals surface area contributed by atoms with Crippen LogP contribution in [0.15, 0.2) is 18.2 Å². The molecule has 5 heteroatoms. The summed E-state index contributed by atoms with van der Waals surface area (Å²) in [6.45, 7) is 6.54. The van der Waals surface area contributed by atoms with E-state index in [1.807, 2.05) is 4.57 Å². The van der Waals surface area contributed by atoms with Gasteiger partial charge in [-0.3, -0.25) is 0 Å². The first-order chi connectivity index (χ1) is 9.08. The number of nitrogens with one attached hydrogen (secondary N) is 1. The van der Waals surface area contributed by atoms with Gasteiger partial charge >= 0.3 is 0 Å². The van der Waals surface area contributed by atoms with Gasteiger partial charge in [-0.2, -0.15) is 0 Å². The molecule has 2 aromatic rings. The minimum absolute atomic E-state index is 0.254. The Morgan fingerprint density at radius 2 is 2.21 bits per heavy atom. The minimum atomic E-state index is -0.254. The van der Waals surface area contributed by atoms with Gasteiger partial charge in [-0.15, -0.1) is 0 Å². The number of nitrogens with zero attached hydrogens (tertiary/aromatic N) is 1. The Morgan fingerprint density at radius 1 is 1.42 bits per heavy atom. The van der Waals surface area contributed by atoms with Gasteiger partial charge in [-0.1, -0.05) is 13.8 Å². The average molecular weight is 282 g/mol. The second-order valence-electron chi connectivity index (χ2n) is 5.07. The lowest BCUT2D eigenvalue weighted by atomic mass is 10.2. The summed E-state index contributed by atoms with van der Waals surface area (Å²) in [6.07, 6.45) is 0.894. The van der Waals surface area contributed by atoms with Crippen molar-refractivity contribution in [2.75, 3.05) is 13.2 Å². The summed E-state index contributed by atoms with van der Waals surface area (Å²) in [7, 11) is 0. The second kappa shape index (κ2) is 6.30.